The van der Waals surface area contributed by atoms with E-state index in [1.807, 2.05) is 0 Å². The highest BCUT2D eigenvalue weighted by atomic mass is 16.5. The Hall–Kier alpha value is -1.58. The fourth-order valence-corrected chi connectivity index (χ4v) is 3.31. The molecule has 23 heavy (non-hydrogen) atoms. The molecular weight excluding hydrogens is 284 g/mol. The van der Waals surface area contributed by atoms with E-state index in [-0.39, 0.29) is 11.5 Å². The van der Waals surface area contributed by atoms with Crippen molar-refractivity contribution in [1.29, 1.82) is 0 Å². The molecule has 1 aliphatic rings. The molecule has 3 rings (SSSR count). The van der Waals surface area contributed by atoms with Crippen molar-refractivity contribution in [1.82, 2.24) is 4.57 Å². The summed E-state index contributed by atoms with van der Waals surface area (Å²) >= 11 is 0. The molecule has 1 aliphatic heterocycles. The standard InChI is InChI=1S/C20H28N2O/c1-14(21)18-12-22(13-20(2,3)4)19-11-16(5-6-17(18)19)15-7-9-23-10-8-15/h5-7,11-12,14H,8-10,13,21H2,1-4H3/t14-/m1/s1. The lowest BCUT2D eigenvalue weighted by Crippen LogP contribution is -2.15. The second kappa shape index (κ2) is 6.14. The number of nitrogens with zero attached hydrogens (tertiary/aromatic N) is 1. The Labute approximate surface area is 139 Å². The summed E-state index contributed by atoms with van der Waals surface area (Å²) in [5.74, 6) is 0. The largest absolute Gasteiger partial charge is 0.377 e. The molecule has 124 valence electrons. The van der Waals surface area contributed by atoms with Gasteiger partial charge in [-0.05, 0) is 41.5 Å². The summed E-state index contributed by atoms with van der Waals surface area (Å²) < 4.78 is 7.81. The number of rotatable bonds is 3. The van der Waals surface area contributed by atoms with E-state index in [0.29, 0.717) is 0 Å². The zero-order valence-corrected chi connectivity index (χ0v) is 14.7. The zero-order valence-electron chi connectivity index (χ0n) is 14.7. The predicted molar refractivity (Wildman–Crippen MR) is 97.4 cm³/mol. The van der Waals surface area contributed by atoms with Gasteiger partial charge in [0.2, 0.25) is 0 Å². The van der Waals surface area contributed by atoms with Crippen molar-refractivity contribution in [3.8, 4) is 0 Å². The van der Waals surface area contributed by atoms with Gasteiger partial charge in [0, 0.05) is 29.7 Å². The summed E-state index contributed by atoms with van der Waals surface area (Å²) in [4.78, 5) is 0. The minimum atomic E-state index is 0.0480. The van der Waals surface area contributed by atoms with E-state index in [1.54, 1.807) is 0 Å². The number of hydrogen-bond acceptors (Lipinski definition) is 2. The Kier molecular flexibility index (Phi) is 4.35. The van der Waals surface area contributed by atoms with Crippen LogP contribution in [-0.4, -0.2) is 17.8 Å². The number of ether oxygens (including phenoxy) is 1. The second-order valence-electron chi connectivity index (χ2n) is 7.85. The van der Waals surface area contributed by atoms with E-state index in [4.69, 9.17) is 10.5 Å². The lowest BCUT2D eigenvalue weighted by Gasteiger charge is -2.20. The van der Waals surface area contributed by atoms with Gasteiger partial charge in [0.25, 0.3) is 0 Å². The van der Waals surface area contributed by atoms with Crippen LogP contribution < -0.4 is 5.73 Å². The molecule has 1 atom stereocenters. The molecule has 0 amide bonds. The predicted octanol–water partition coefficient (Wildman–Crippen LogP) is 4.51. The molecule has 0 spiro atoms. The van der Waals surface area contributed by atoms with Crippen molar-refractivity contribution in [2.45, 2.75) is 46.7 Å². The molecule has 0 aliphatic carbocycles. The number of aromatic nitrogens is 1. The Bertz CT molecular complexity index is 732. The lowest BCUT2D eigenvalue weighted by molar-refractivity contribution is 0.161. The Morgan fingerprint density at radius 3 is 2.70 bits per heavy atom. The molecule has 3 nitrogen and oxygen atoms in total. The van der Waals surface area contributed by atoms with Gasteiger partial charge in [-0.3, -0.25) is 0 Å². The normalized spacial score (nSPS) is 17.3. The molecule has 2 aromatic rings. The van der Waals surface area contributed by atoms with Crippen molar-refractivity contribution >= 4 is 16.5 Å². The number of fused-ring (bicyclic) bond motifs is 1. The maximum Gasteiger partial charge on any atom is 0.0653 e. The summed E-state index contributed by atoms with van der Waals surface area (Å²) in [7, 11) is 0. The van der Waals surface area contributed by atoms with Crippen LogP contribution in [0.25, 0.3) is 16.5 Å². The van der Waals surface area contributed by atoms with Crippen LogP contribution in [0.3, 0.4) is 0 Å². The third kappa shape index (κ3) is 3.51. The van der Waals surface area contributed by atoms with Gasteiger partial charge in [0.15, 0.2) is 0 Å². The van der Waals surface area contributed by atoms with Crippen LogP contribution in [0.5, 0.6) is 0 Å². The van der Waals surface area contributed by atoms with E-state index in [0.717, 1.165) is 26.2 Å². The summed E-state index contributed by atoms with van der Waals surface area (Å²) in [6, 6.07) is 6.84. The van der Waals surface area contributed by atoms with Crippen LogP contribution in [0.2, 0.25) is 0 Å². The van der Waals surface area contributed by atoms with Crippen LogP contribution in [0, 0.1) is 5.41 Å². The maximum atomic E-state index is 6.20. The molecule has 0 fully saturated rings. The molecule has 3 heteroatoms. The molecule has 1 aromatic heterocycles. The van der Waals surface area contributed by atoms with Crippen LogP contribution in [0.1, 0.15) is 51.3 Å². The van der Waals surface area contributed by atoms with Crippen LogP contribution in [0.15, 0.2) is 30.5 Å². The monoisotopic (exact) mass is 312 g/mol. The summed E-state index contributed by atoms with van der Waals surface area (Å²) in [5.41, 5.74) is 11.7. The van der Waals surface area contributed by atoms with Gasteiger partial charge in [-0.25, -0.2) is 0 Å². The Balaban J connectivity index is 2.11. The molecule has 1 aromatic carbocycles. The highest BCUT2D eigenvalue weighted by Gasteiger charge is 2.18. The molecular formula is C20H28N2O. The SMILES string of the molecule is C[C@@H](N)c1cn(CC(C)(C)C)c2cc(C3=CCOCC3)ccc12. The van der Waals surface area contributed by atoms with E-state index in [9.17, 15) is 0 Å². The van der Waals surface area contributed by atoms with Crippen molar-refractivity contribution in [3.05, 3.63) is 41.6 Å². The molecule has 0 saturated heterocycles. The molecule has 0 radical (unpaired) electrons. The van der Waals surface area contributed by atoms with Crippen LogP contribution >= 0.6 is 0 Å². The first-order valence-electron chi connectivity index (χ1n) is 8.51. The fraction of sp³-hybridized carbons (Fsp3) is 0.500. The van der Waals surface area contributed by atoms with Gasteiger partial charge in [-0.1, -0.05) is 39.0 Å². The van der Waals surface area contributed by atoms with E-state index < -0.39 is 0 Å². The highest BCUT2D eigenvalue weighted by molar-refractivity contribution is 5.88. The van der Waals surface area contributed by atoms with E-state index in [1.165, 1.54) is 27.6 Å². The molecule has 2 heterocycles. The Morgan fingerprint density at radius 1 is 1.30 bits per heavy atom. The van der Waals surface area contributed by atoms with Crippen LogP contribution in [0.4, 0.5) is 0 Å². The van der Waals surface area contributed by atoms with E-state index in [2.05, 4.69) is 62.7 Å². The minimum Gasteiger partial charge on any atom is -0.377 e. The van der Waals surface area contributed by atoms with Crippen LogP contribution in [-0.2, 0) is 11.3 Å². The quantitative estimate of drug-likeness (QED) is 0.905. The van der Waals surface area contributed by atoms with Gasteiger partial charge in [0.1, 0.15) is 0 Å². The highest BCUT2D eigenvalue weighted by Crippen LogP contribution is 2.32. The third-order valence-corrected chi connectivity index (χ3v) is 4.38. The van der Waals surface area contributed by atoms with Crippen molar-refractivity contribution in [3.63, 3.8) is 0 Å². The second-order valence-corrected chi connectivity index (χ2v) is 7.85. The summed E-state index contributed by atoms with van der Waals surface area (Å²) in [6.07, 6.45) is 5.43. The molecule has 2 N–H and O–H groups in total. The maximum absolute atomic E-state index is 6.20. The van der Waals surface area contributed by atoms with Crippen molar-refractivity contribution < 1.29 is 4.74 Å². The molecule has 0 saturated carbocycles. The molecule has 0 unspecified atom stereocenters. The van der Waals surface area contributed by atoms with Gasteiger partial charge < -0.3 is 15.0 Å². The smallest absolute Gasteiger partial charge is 0.0653 e. The first-order valence-corrected chi connectivity index (χ1v) is 8.51. The van der Waals surface area contributed by atoms with E-state index >= 15 is 0 Å². The third-order valence-electron chi connectivity index (χ3n) is 4.38. The number of hydrogen-bond donors (Lipinski definition) is 1. The van der Waals surface area contributed by atoms with Gasteiger partial charge in [-0.15, -0.1) is 0 Å². The summed E-state index contributed by atoms with van der Waals surface area (Å²) in [6.45, 7) is 11.4. The molecule has 0 bridgehead atoms. The van der Waals surface area contributed by atoms with Gasteiger partial charge >= 0.3 is 0 Å². The van der Waals surface area contributed by atoms with Crippen molar-refractivity contribution in [2.24, 2.45) is 11.1 Å². The van der Waals surface area contributed by atoms with Gasteiger partial charge in [-0.2, -0.15) is 0 Å². The van der Waals surface area contributed by atoms with Gasteiger partial charge in [0.05, 0.1) is 13.2 Å². The number of benzene rings is 1. The van der Waals surface area contributed by atoms with Crippen molar-refractivity contribution in [2.75, 3.05) is 13.2 Å². The topological polar surface area (TPSA) is 40.2 Å². The lowest BCUT2D eigenvalue weighted by atomic mass is 9.96. The number of nitrogens with two attached hydrogens (primary N) is 1. The average Bonchev–Trinajstić information content (AvgIpc) is 2.84. The Morgan fingerprint density at radius 2 is 2.09 bits per heavy atom. The first-order chi connectivity index (χ1) is 10.8. The minimum absolute atomic E-state index is 0.0480. The summed E-state index contributed by atoms with van der Waals surface area (Å²) in [5, 5.41) is 1.28. The fourth-order valence-electron chi connectivity index (χ4n) is 3.31. The first kappa shape index (κ1) is 16.3. The zero-order chi connectivity index (χ0) is 16.6. The average molecular weight is 312 g/mol.